The Kier molecular flexibility index (Phi) is 3.97. The van der Waals surface area contributed by atoms with E-state index < -0.39 is 0 Å². The molecule has 2 aromatic rings. The minimum atomic E-state index is 0.956. The summed E-state index contributed by atoms with van der Waals surface area (Å²) in [6.07, 6.45) is 2.08. The number of thioether (sulfide) groups is 1. The standard InChI is InChI=1S/C16H17OS/c1-11-5-10-15(12(2)16(11)17-3)13-6-8-14(18-4)9-7-13/h5-9H,1-4H3. The van der Waals surface area contributed by atoms with Gasteiger partial charge in [0.25, 0.3) is 0 Å². The fraction of sp³-hybridized carbons (Fsp3) is 0.250. The lowest BCUT2D eigenvalue weighted by molar-refractivity contribution is 0.409. The Labute approximate surface area is 113 Å². The van der Waals surface area contributed by atoms with E-state index in [-0.39, 0.29) is 0 Å². The second kappa shape index (κ2) is 5.49. The van der Waals surface area contributed by atoms with E-state index in [2.05, 4.69) is 43.5 Å². The number of rotatable bonds is 3. The molecule has 0 bridgehead atoms. The fourth-order valence-electron chi connectivity index (χ4n) is 2.14. The summed E-state index contributed by atoms with van der Waals surface area (Å²) in [5.74, 6) is 0.956. The Bertz CT molecular complexity index is 544. The Morgan fingerprint density at radius 2 is 1.78 bits per heavy atom. The summed E-state index contributed by atoms with van der Waals surface area (Å²) in [6, 6.07) is 13.9. The van der Waals surface area contributed by atoms with Crippen LogP contribution in [0.15, 0.2) is 35.2 Å². The van der Waals surface area contributed by atoms with Crippen molar-refractivity contribution >= 4 is 11.8 Å². The Morgan fingerprint density at radius 3 is 2.33 bits per heavy atom. The van der Waals surface area contributed by atoms with Gasteiger partial charge in [-0.3, -0.25) is 0 Å². The average molecular weight is 257 g/mol. The molecule has 1 nitrogen and oxygen atoms in total. The van der Waals surface area contributed by atoms with E-state index in [1.165, 1.54) is 10.5 Å². The normalized spacial score (nSPS) is 10.4. The van der Waals surface area contributed by atoms with Crippen molar-refractivity contribution in [2.24, 2.45) is 0 Å². The van der Waals surface area contributed by atoms with Crippen LogP contribution in [0.5, 0.6) is 5.75 Å². The van der Waals surface area contributed by atoms with Crippen molar-refractivity contribution in [2.75, 3.05) is 13.4 Å². The van der Waals surface area contributed by atoms with Crippen molar-refractivity contribution in [1.82, 2.24) is 0 Å². The van der Waals surface area contributed by atoms with Gasteiger partial charge in [-0.05, 0) is 66.6 Å². The van der Waals surface area contributed by atoms with Crippen LogP contribution in [0.2, 0.25) is 0 Å². The lowest BCUT2D eigenvalue weighted by Gasteiger charge is -2.13. The molecule has 0 aliphatic rings. The molecule has 0 atom stereocenters. The van der Waals surface area contributed by atoms with Crippen LogP contribution in [-0.2, 0) is 0 Å². The van der Waals surface area contributed by atoms with Gasteiger partial charge in [-0.2, -0.15) is 0 Å². The summed E-state index contributed by atoms with van der Waals surface area (Å²) in [6.45, 7) is 4.13. The molecule has 0 heterocycles. The van der Waals surface area contributed by atoms with E-state index in [1.54, 1.807) is 18.9 Å². The first kappa shape index (κ1) is 13.0. The first-order chi connectivity index (χ1) is 8.67. The summed E-state index contributed by atoms with van der Waals surface area (Å²) < 4.78 is 5.46. The van der Waals surface area contributed by atoms with Crippen LogP contribution in [0.3, 0.4) is 0 Å². The molecule has 0 aliphatic carbocycles. The molecule has 0 aliphatic heterocycles. The van der Waals surface area contributed by atoms with Gasteiger partial charge in [0.1, 0.15) is 5.75 Å². The van der Waals surface area contributed by atoms with Gasteiger partial charge in [-0.15, -0.1) is 11.8 Å². The topological polar surface area (TPSA) is 9.23 Å². The van der Waals surface area contributed by atoms with Gasteiger partial charge in [-0.1, -0.05) is 12.1 Å². The number of ether oxygens (including phenoxy) is 1. The zero-order valence-corrected chi connectivity index (χ0v) is 12.0. The molecule has 0 N–H and O–H groups in total. The van der Waals surface area contributed by atoms with E-state index in [0.29, 0.717) is 0 Å². The highest BCUT2D eigenvalue weighted by Gasteiger charge is 2.09. The summed E-state index contributed by atoms with van der Waals surface area (Å²) in [4.78, 5) is 1.27. The van der Waals surface area contributed by atoms with Crippen molar-refractivity contribution in [3.8, 4) is 16.9 Å². The molecule has 93 valence electrons. The summed E-state index contributed by atoms with van der Waals surface area (Å²) >= 11 is 1.75. The minimum Gasteiger partial charge on any atom is -0.496 e. The molecule has 0 amide bonds. The van der Waals surface area contributed by atoms with Crippen molar-refractivity contribution in [3.05, 3.63) is 47.5 Å². The molecule has 2 rings (SSSR count). The highest BCUT2D eigenvalue weighted by atomic mass is 32.2. The molecule has 2 aromatic carbocycles. The van der Waals surface area contributed by atoms with Crippen LogP contribution in [0.4, 0.5) is 0 Å². The highest BCUT2D eigenvalue weighted by molar-refractivity contribution is 7.98. The zero-order valence-electron chi connectivity index (χ0n) is 11.2. The number of hydrogen-bond acceptors (Lipinski definition) is 2. The molecule has 0 saturated carbocycles. The molecule has 18 heavy (non-hydrogen) atoms. The molecule has 0 fully saturated rings. The monoisotopic (exact) mass is 257 g/mol. The predicted octanol–water partition coefficient (Wildman–Crippen LogP) is 4.50. The summed E-state index contributed by atoms with van der Waals surface area (Å²) in [5, 5.41) is 0. The van der Waals surface area contributed by atoms with Crippen LogP contribution in [0.1, 0.15) is 11.1 Å². The van der Waals surface area contributed by atoms with Crippen LogP contribution < -0.4 is 4.74 Å². The van der Waals surface area contributed by atoms with E-state index in [9.17, 15) is 0 Å². The summed E-state index contributed by atoms with van der Waals surface area (Å²) in [7, 11) is 1.72. The van der Waals surface area contributed by atoms with Crippen LogP contribution in [-0.4, -0.2) is 13.4 Å². The van der Waals surface area contributed by atoms with Gasteiger partial charge in [-0.25, -0.2) is 0 Å². The first-order valence-corrected chi connectivity index (χ1v) is 7.10. The summed E-state index contributed by atoms with van der Waals surface area (Å²) in [5.41, 5.74) is 4.57. The van der Waals surface area contributed by atoms with Gasteiger partial charge in [0.2, 0.25) is 0 Å². The largest absolute Gasteiger partial charge is 0.496 e. The van der Waals surface area contributed by atoms with E-state index in [4.69, 9.17) is 4.74 Å². The van der Waals surface area contributed by atoms with Crippen molar-refractivity contribution in [3.63, 3.8) is 0 Å². The molecular formula is C16H17OS. The second-order valence-corrected chi connectivity index (χ2v) is 5.11. The number of benzene rings is 2. The van der Waals surface area contributed by atoms with E-state index >= 15 is 0 Å². The lowest BCUT2D eigenvalue weighted by Crippen LogP contribution is -1.93. The highest BCUT2D eigenvalue weighted by Crippen LogP contribution is 2.32. The predicted molar refractivity (Wildman–Crippen MR) is 78.5 cm³/mol. The first-order valence-electron chi connectivity index (χ1n) is 5.87. The molecular weight excluding hydrogens is 240 g/mol. The SMILES string of the molecule is COc1c(C)c[c]c(-c2ccc(SC)cc2)c1C. The molecule has 0 saturated heterocycles. The molecule has 2 heteroatoms. The third kappa shape index (κ3) is 2.39. The number of methoxy groups -OCH3 is 1. The Morgan fingerprint density at radius 1 is 1.11 bits per heavy atom. The lowest BCUT2D eigenvalue weighted by atomic mass is 9.98. The smallest absolute Gasteiger partial charge is 0.125 e. The number of hydrogen-bond donors (Lipinski definition) is 0. The Hall–Kier alpha value is -1.41. The maximum absolute atomic E-state index is 5.46. The third-order valence-corrected chi connectivity index (χ3v) is 3.83. The molecule has 1 radical (unpaired) electrons. The van der Waals surface area contributed by atoms with Gasteiger partial charge < -0.3 is 4.74 Å². The zero-order chi connectivity index (χ0) is 13.1. The number of aryl methyl sites for hydroxylation is 1. The average Bonchev–Trinajstić information content (AvgIpc) is 2.40. The molecule has 0 aromatic heterocycles. The van der Waals surface area contributed by atoms with E-state index in [1.807, 2.05) is 13.0 Å². The van der Waals surface area contributed by atoms with Gasteiger partial charge in [0.15, 0.2) is 0 Å². The minimum absolute atomic E-state index is 0.956. The van der Waals surface area contributed by atoms with Gasteiger partial charge in [0.05, 0.1) is 7.11 Å². The Balaban J connectivity index is 2.50. The maximum atomic E-state index is 5.46. The van der Waals surface area contributed by atoms with Gasteiger partial charge in [0, 0.05) is 4.90 Å². The van der Waals surface area contributed by atoms with Crippen LogP contribution in [0, 0.1) is 19.9 Å². The fourth-order valence-corrected chi connectivity index (χ4v) is 2.54. The van der Waals surface area contributed by atoms with Crippen molar-refractivity contribution in [1.29, 1.82) is 0 Å². The van der Waals surface area contributed by atoms with Gasteiger partial charge >= 0.3 is 0 Å². The van der Waals surface area contributed by atoms with Crippen LogP contribution in [0.25, 0.3) is 11.1 Å². The molecule has 0 unspecified atom stereocenters. The van der Waals surface area contributed by atoms with E-state index in [0.717, 1.165) is 22.4 Å². The quantitative estimate of drug-likeness (QED) is 0.749. The maximum Gasteiger partial charge on any atom is 0.125 e. The second-order valence-electron chi connectivity index (χ2n) is 4.23. The van der Waals surface area contributed by atoms with Crippen LogP contribution >= 0.6 is 11.8 Å². The third-order valence-electron chi connectivity index (χ3n) is 3.09. The van der Waals surface area contributed by atoms with Crippen molar-refractivity contribution in [2.45, 2.75) is 18.7 Å². The molecule has 0 spiro atoms. The van der Waals surface area contributed by atoms with Crippen molar-refractivity contribution < 1.29 is 4.74 Å².